The molecule has 1 N–H and O–H groups in total. The van der Waals surface area contributed by atoms with Crippen LogP contribution in [0.15, 0.2) is 4.79 Å². The van der Waals surface area contributed by atoms with Crippen molar-refractivity contribution in [2.75, 3.05) is 0 Å². The van der Waals surface area contributed by atoms with Crippen LogP contribution in [0.5, 0.6) is 0 Å². The number of nitrogens with one attached hydrogen (secondary N) is 1. The van der Waals surface area contributed by atoms with Gasteiger partial charge in [-0.1, -0.05) is 0 Å². The zero-order chi connectivity index (χ0) is 6.85. The van der Waals surface area contributed by atoms with Crippen molar-refractivity contribution in [3.05, 3.63) is 16.3 Å². The number of aldehydes is 1. The zero-order valence-electron chi connectivity index (χ0n) is 4.79. The van der Waals surface area contributed by atoms with Gasteiger partial charge in [0.15, 0.2) is 12.1 Å². The molecule has 0 aliphatic heterocycles. The molecule has 0 saturated carbocycles. The minimum atomic E-state index is -0.378. The highest BCUT2D eigenvalue weighted by molar-refractivity contribution is 5.68. The minimum absolute atomic E-state index is 0.0579. The summed E-state index contributed by atoms with van der Waals surface area (Å²) < 4.78 is 1.06. The van der Waals surface area contributed by atoms with Gasteiger partial charge in [-0.3, -0.25) is 9.78 Å². The molecule has 1 rings (SSSR count). The van der Waals surface area contributed by atoms with Gasteiger partial charge in [-0.05, 0) is 0 Å². The van der Waals surface area contributed by atoms with Crippen LogP contribution in [0.4, 0.5) is 0 Å². The van der Waals surface area contributed by atoms with E-state index in [9.17, 15) is 9.59 Å². The lowest BCUT2D eigenvalue weighted by Gasteiger charge is -1.75. The smallest absolute Gasteiger partial charge is 0.294 e. The van der Waals surface area contributed by atoms with Crippen LogP contribution in [0.2, 0.25) is 0 Å². The van der Waals surface area contributed by atoms with Gasteiger partial charge >= 0.3 is 5.69 Å². The van der Waals surface area contributed by atoms with E-state index < -0.39 is 0 Å². The second-order valence-electron chi connectivity index (χ2n) is 1.56. The van der Waals surface area contributed by atoms with Crippen molar-refractivity contribution in [1.82, 2.24) is 14.8 Å². The number of carbonyl (C=O) groups is 1. The second kappa shape index (κ2) is 1.85. The van der Waals surface area contributed by atoms with Crippen LogP contribution >= 0.6 is 0 Å². The summed E-state index contributed by atoms with van der Waals surface area (Å²) in [5.74, 6) is 0.0579. The van der Waals surface area contributed by atoms with Crippen molar-refractivity contribution in [2.45, 2.75) is 0 Å². The number of hydrogen-bond acceptors (Lipinski definition) is 3. The maximum absolute atomic E-state index is 10.5. The molecule has 5 nitrogen and oxygen atoms in total. The first-order valence-corrected chi connectivity index (χ1v) is 2.32. The van der Waals surface area contributed by atoms with Crippen molar-refractivity contribution in [2.24, 2.45) is 7.05 Å². The lowest BCUT2D eigenvalue weighted by atomic mass is 10.7. The van der Waals surface area contributed by atoms with Crippen LogP contribution in [0, 0.1) is 0 Å². The van der Waals surface area contributed by atoms with Crippen LogP contribution in [0.25, 0.3) is 0 Å². The Morgan fingerprint density at radius 2 is 2.44 bits per heavy atom. The van der Waals surface area contributed by atoms with Crippen molar-refractivity contribution in [1.29, 1.82) is 0 Å². The third kappa shape index (κ3) is 0.883. The summed E-state index contributed by atoms with van der Waals surface area (Å²) in [6.07, 6.45) is 0.488. The van der Waals surface area contributed by atoms with Gasteiger partial charge < -0.3 is 0 Å². The van der Waals surface area contributed by atoms with E-state index in [2.05, 4.69) is 10.1 Å². The number of aryl methyl sites for hydroxylation is 1. The normalized spacial score (nSPS) is 9.44. The summed E-state index contributed by atoms with van der Waals surface area (Å²) in [6.45, 7) is 0. The first-order valence-electron chi connectivity index (χ1n) is 2.32. The van der Waals surface area contributed by atoms with Crippen LogP contribution in [-0.2, 0) is 7.05 Å². The van der Waals surface area contributed by atoms with Gasteiger partial charge in [0.05, 0.1) is 0 Å². The largest absolute Gasteiger partial charge is 0.343 e. The molecule has 0 fully saturated rings. The Kier molecular flexibility index (Phi) is 1.18. The van der Waals surface area contributed by atoms with Crippen LogP contribution < -0.4 is 5.69 Å². The molecule has 0 radical (unpaired) electrons. The Labute approximate surface area is 50.3 Å². The number of aromatic nitrogens is 3. The highest BCUT2D eigenvalue weighted by Gasteiger charge is 1.96. The summed E-state index contributed by atoms with van der Waals surface area (Å²) in [7, 11) is 1.46. The average molecular weight is 127 g/mol. The monoisotopic (exact) mass is 127 g/mol. The quantitative estimate of drug-likeness (QED) is 0.488. The standard InChI is InChI=1S/C4H5N3O2/c1-7-4(9)5-3(2-8)6-7/h2H,1H3,(H,5,6,9). The van der Waals surface area contributed by atoms with E-state index in [-0.39, 0.29) is 11.5 Å². The molecule has 5 heteroatoms. The molecule has 0 aliphatic carbocycles. The lowest BCUT2D eigenvalue weighted by molar-refractivity contribution is 0.111. The number of nitrogens with zero attached hydrogens (tertiary/aromatic N) is 2. The molecule has 48 valence electrons. The third-order valence-electron chi connectivity index (χ3n) is 0.898. The highest BCUT2D eigenvalue weighted by atomic mass is 16.2. The van der Waals surface area contributed by atoms with E-state index in [1.807, 2.05) is 0 Å². The van der Waals surface area contributed by atoms with Gasteiger partial charge in [0.2, 0.25) is 0 Å². The van der Waals surface area contributed by atoms with Gasteiger partial charge in [0.25, 0.3) is 0 Å². The molecule has 0 atom stereocenters. The fourth-order valence-corrected chi connectivity index (χ4v) is 0.476. The lowest BCUT2D eigenvalue weighted by Crippen LogP contribution is -2.13. The fraction of sp³-hybridized carbons (Fsp3) is 0.250. The SMILES string of the molecule is Cn1nc(C=O)[nH]c1=O. The number of rotatable bonds is 1. The maximum atomic E-state index is 10.5. The second-order valence-corrected chi connectivity index (χ2v) is 1.56. The fourth-order valence-electron chi connectivity index (χ4n) is 0.476. The molecule has 0 bridgehead atoms. The molecular weight excluding hydrogens is 122 g/mol. The number of H-pyrrole nitrogens is 1. The van der Waals surface area contributed by atoms with E-state index in [1.165, 1.54) is 7.05 Å². The zero-order valence-corrected chi connectivity index (χ0v) is 4.79. The molecular formula is C4H5N3O2. The molecule has 1 aromatic heterocycles. The maximum Gasteiger partial charge on any atom is 0.343 e. The molecule has 1 heterocycles. The van der Waals surface area contributed by atoms with Crippen molar-refractivity contribution >= 4 is 6.29 Å². The predicted octanol–water partition coefficient (Wildman–Crippen LogP) is -1.08. The minimum Gasteiger partial charge on any atom is -0.294 e. The molecule has 0 saturated heterocycles. The Morgan fingerprint density at radius 1 is 1.78 bits per heavy atom. The van der Waals surface area contributed by atoms with Gasteiger partial charge in [-0.2, -0.15) is 0 Å². The molecule has 0 aliphatic rings. The molecule has 0 spiro atoms. The Hall–Kier alpha value is -1.39. The van der Waals surface area contributed by atoms with E-state index >= 15 is 0 Å². The van der Waals surface area contributed by atoms with Crippen LogP contribution in [0.1, 0.15) is 10.6 Å². The van der Waals surface area contributed by atoms with E-state index in [0.29, 0.717) is 6.29 Å². The summed E-state index contributed by atoms with van der Waals surface area (Å²) in [6, 6.07) is 0. The van der Waals surface area contributed by atoms with E-state index in [0.717, 1.165) is 4.68 Å². The Balaban J connectivity index is 3.28. The average Bonchev–Trinajstić information content (AvgIpc) is 2.13. The number of hydrogen-bond donors (Lipinski definition) is 1. The summed E-state index contributed by atoms with van der Waals surface area (Å²) >= 11 is 0. The van der Waals surface area contributed by atoms with Gasteiger partial charge in [0, 0.05) is 7.05 Å². The molecule has 1 aromatic rings. The topological polar surface area (TPSA) is 67.8 Å². The molecule has 9 heavy (non-hydrogen) atoms. The molecule has 0 unspecified atom stereocenters. The number of aromatic amines is 1. The van der Waals surface area contributed by atoms with Crippen molar-refractivity contribution in [3.63, 3.8) is 0 Å². The van der Waals surface area contributed by atoms with Gasteiger partial charge in [0.1, 0.15) is 0 Å². The highest BCUT2D eigenvalue weighted by Crippen LogP contribution is 1.72. The van der Waals surface area contributed by atoms with Crippen LogP contribution in [-0.4, -0.2) is 21.1 Å². The van der Waals surface area contributed by atoms with Crippen LogP contribution in [0.3, 0.4) is 0 Å². The third-order valence-corrected chi connectivity index (χ3v) is 0.898. The Morgan fingerprint density at radius 3 is 2.67 bits per heavy atom. The van der Waals surface area contributed by atoms with Gasteiger partial charge in [-0.25, -0.2) is 9.48 Å². The predicted molar refractivity (Wildman–Crippen MR) is 29.2 cm³/mol. The first kappa shape index (κ1) is 5.74. The summed E-state index contributed by atoms with van der Waals surface area (Å²) in [5.41, 5.74) is -0.378. The summed E-state index contributed by atoms with van der Waals surface area (Å²) in [5, 5.41) is 3.51. The first-order chi connectivity index (χ1) is 4.24. The van der Waals surface area contributed by atoms with E-state index in [4.69, 9.17) is 0 Å². The summed E-state index contributed by atoms with van der Waals surface area (Å²) in [4.78, 5) is 22.6. The van der Waals surface area contributed by atoms with Gasteiger partial charge in [-0.15, -0.1) is 5.10 Å². The van der Waals surface area contributed by atoms with Crippen molar-refractivity contribution in [3.8, 4) is 0 Å². The molecule has 0 aromatic carbocycles. The van der Waals surface area contributed by atoms with E-state index in [1.54, 1.807) is 0 Å². The Bertz CT molecular complexity index is 272. The molecule has 0 amide bonds. The number of carbonyl (C=O) groups excluding carboxylic acids is 1. The van der Waals surface area contributed by atoms with Crippen molar-refractivity contribution < 1.29 is 4.79 Å².